The van der Waals surface area contributed by atoms with Gasteiger partial charge >= 0.3 is 0 Å². The van der Waals surface area contributed by atoms with Crippen LogP contribution in [0.1, 0.15) is 44.2 Å². The van der Waals surface area contributed by atoms with Crippen LogP contribution in [0, 0.1) is 17.2 Å². The van der Waals surface area contributed by atoms with Gasteiger partial charge in [-0.15, -0.1) is 0 Å². The topological polar surface area (TPSA) is 99.2 Å². The number of hydrogen-bond donors (Lipinski definition) is 2. The third-order valence-electron chi connectivity index (χ3n) is 4.43. The molecule has 1 saturated heterocycles. The molecule has 2 amide bonds. The first kappa shape index (κ1) is 18.9. The minimum Gasteiger partial charge on any atom is -0.350 e. The Labute approximate surface area is 149 Å². The van der Waals surface area contributed by atoms with Crippen LogP contribution in [0.3, 0.4) is 0 Å². The van der Waals surface area contributed by atoms with Gasteiger partial charge in [-0.3, -0.25) is 9.59 Å². The van der Waals surface area contributed by atoms with E-state index in [2.05, 4.69) is 11.4 Å². The van der Waals surface area contributed by atoms with E-state index in [0.717, 1.165) is 12.0 Å². The Hall–Kier alpha value is -2.39. The summed E-state index contributed by atoms with van der Waals surface area (Å²) in [6.45, 7) is 5.01. The van der Waals surface area contributed by atoms with Gasteiger partial charge in [0.15, 0.2) is 0 Å². The van der Waals surface area contributed by atoms with E-state index in [0.29, 0.717) is 37.4 Å². The van der Waals surface area contributed by atoms with Crippen LogP contribution in [0.2, 0.25) is 0 Å². The third kappa shape index (κ3) is 5.04. The van der Waals surface area contributed by atoms with Crippen LogP contribution in [-0.4, -0.2) is 35.3 Å². The lowest BCUT2D eigenvalue weighted by Gasteiger charge is -2.27. The second-order valence-corrected chi connectivity index (χ2v) is 6.95. The number of amides is 2. The van der Waals surface area contributed by atoms with E-state index in [1.165, 1.54) is 0 Å². The van der Waals surface area contributed by atoms with Crippen molar-refractivity contribution in [1.82, 2.24) is 10.2 Å². The van der Waals surface area contributed by atoms with Gasteiger partial charge in [0.05, 0.1) is 17.7 Å². The van der Waals surface area contributed by atoms with Crippen molar-refractivity contribution in [3.05, 3.63) is 35.4 Å². The number of rotatable bonds is 6. The lowest BCUT2D eigenvalue weighted by Crippen LogP contribution is -2.51. The standard InChI is InChI=1S/C19H26N4O2/c1-13(2)10-16(21)19(25)23-9-3-4-17(23)18(24)22-12-15-7-5-14(11-20)6-8-15/h5-8,13,16-17H,3-4,9-10,12,21H2,1-2H3,(H,22,24). The smallest absolute Gasteiger partial charge is 0.243 e. The summed E-state index contributed by atoms with van der Waals surface area (Å²) in [5.41, 5.74) is 7.50. The average molecular weight is 342 g/mol. The van der Waals surface area contributed by atoms with Crippen molar-refractivity contribution in [2.24, 2.45) is 11.7 Å². The van der Waals surface area contributed by atoms with Crippen molar-refractivity contribution in [1.29, 1.82) is 5.26 Å². The quantitative estimate of drug-likeness (QED) is 0.819. The number of nitrogens with two attached hydrogens (primary N) is 1. The predicted octanol–water partition coefficient (Wildman–Crippen LogP) is 1.54. The Morgan fingerprint density at radius 1 is 1.36 bits per heavy atom. The van der Waals surface area contributed by atoms with Crippen LogP contribution in [-0.2, 0) is 16.1 Å². The third-order valence-corrected chi connectivity index (χ3v) is 4.43. The SMILES string of the molecule is CC(C)CC(N)C(=O)N1CCCC1C(=O)NCc1ccc(C#N)cc1. The molecule has 6 nitrogen and oxygen atoms in total. The van der Waals surface area contributed by atoms with E-state index in [-0.39, 0.29) is 11.8 Å². The van der Waals surface area contributed by atoms with Crippen LogP contribution in [0.4, 0.5) is 0 Å². The first-order valence-corrected chi connectivity index (χ1v) is 8.75. The molecule has 2 atom stereocenters. The van der Waals surface area contributed by atoms with Crippen LogP contribution < -0.4 is 11.1 Å². The fourth-order valence-electron chi connectivity index (χ4n) is 3.13. The molecule has 1 aliphatic rings. The van der Waals surface area contributed by atoms with Crippen molar-refractivity contribution in [3.63, 3.8) is 0 Å². The maximum Gasteiger partial charge on any atom is 0.243 e. The molecule has 1 aliphatic heterocycles. The van der Waals surface area contributed by atoms with Gasteiger partial charge in [-0.25, -0.2) is 0 Å². The molecule has 3 N–H and O–H groups in total. The van der Waals surface area contributed by atoms with Gasteiger partial charge in [-0.05, 0) is 42.9 Å². The Kier molecular flexibility index (Phi) is 6.54. The highest BCUT2D eigenvalue weighted by molar-refractivity contribution is 5.90. The summed E-state index contributed by atoms with van der Waals surface area (Å²) in [5.74, 6) is 0.0573. The number of nitrogens with one attached hydrogen (secondary N) is 1. The summed E-state index contributed by atoms with van der Waals surface area (Å²) in [4.78, 5) is 26.7. The summed E-state index contributed by atoms with van der Waals surface area (Å²) >= 11 is 0. The van der Waals surface area contributed by atoms with Gasteiger partial charge in [0.1, 0.15) is 6.04 Å². The molecule has 2 unspecified atom stereocenters. The molecular formula is C19H26N4O2. The van der Waals surface area contributed by atoms with Gasteiger partial charge in [-0.1, -0.05) is 26.0 Å². The van der Waals surface area contributed by atoms with E-state index in [4.69, 9.17) is 11.0 Å². The summed E-state index contributed by atoms with van der Waals surface area (Å²) in [6.07, 6.45) is 2.10. The molecular weight excluding hydrogens is 316 g/mol. The molecule has 6 heteroatoms. The minimum absolute atomic E-state index is 0.135. The predicted molar refractivity (Wildman–Crippen MR) is 95.2 cm³/mol. The first-order chi connectivity index (χ1) is 11.9. The zero-order valence-corrected chi connectivity index (χ0v) is 14.9. The van der Waals surface area contributed by atoms with Crippen LogP contribution in [0.5, 0.6) is 0 Å². The van der Waals surface area contributed by atoms with Crippen LogP contribution in [0.25, 0.3) is 0 Å². The Balaban J connectivity index is 1.93. The van der Waals surface area contributed by atoms with Gasteiger partial charge in [0, 0.05) is 13.1 Å². The molecule has 0 saturated carbocycles. The van der Waals surface area contributed by atoms with Crippen molar-refractivity contribution < 1.29 is 9.59 Å². The molecule has 1 fully saturated rings. The number of likely N-dealkylation sites (tertiary alicyclic amines) is 1. The Morgan fingerprint density at radius 2 is 2.04 bits per heavy atom. The highest BCUT2D eigenvalue weighted by atomic mass is 16.2. The van der Waals surface area contributed by atoms with E-state index >= 15 is 0 Å². The maximum absolute atomic E-state index is 12.5. The molecule has 1 heterocycles. The van der Waals surface area contributed by atoms with E-state index < -0.39 is 12.1 Å². The van der Waals surface area contributed by atoms with E-state index in [9.17, 15) is 9.59 Å². The lowest BCUT2D eigenvalue weighted by molar-refractivity contribution is -0.139. The first-order valence-electron chi connectivity index (χ1n) is 8.75. The van der Waals surface area contributed by atoms with Crippen molar-refractivity contribution in [3.8, 4) is 6.07 Å². The fourth-order valence-corrected chi connectivity index (χ4v) is 3.13. The Morgan fingerprint density at radius 3 is 2.64 bits per heavy atom. The zero-order chi connectivity index (χ0) is 18.4. The number of nitriles is 1. The molecule has 134 valence electrons. The summed E-state index contributed by atoms with van der Waals surface area (Å²) in [5, 5.41) is 11.7. The highest BCUT2D eigenvalue weighted by Crippen LogP contribution is 2.20. The normalized spacial score (nSPS) is 18.0. The fraction of sp³-hybridized carbons (Fsp3) is 0.526. The molecule has 0 radical (unpaired) electrons. The summed E-state index contributed by atoms with van der Waals surface area (Å²) in [7, 11) is 0. The number of carbonyl (C=O) groups excluding carboxylic acids is 2. The Bertz CT molecular complexity index is 648. The van der Waals surface area contributed by atoms with Crippen molar-refractivity contribution >= 4 is 11.8 Å². The van der Waals surface area contributed by atoms with Crippen LogP contribution in [0.15, 0.2) is 24.3 Å². The molecule has 0 aromatic heterocycles. The molecule has 1 aromatic carbocycles. The number of carbonyl (C=O) groups is 2. The van der Waals surface area contributed by atoms with Gasteiger partial charge in [0.25, 0.3) is 0 Å². The summed E-state index contributed by atoms with van der Waals surface area (Å²) in [6, 6.07) is 8.14. The number of benzene rings is 1. The molecule has 0 spiro atoms. The van der Waals surface area contributed by atoms with E-state index in [1.807, 2.05) is 26.0 Å². The van der Waals surface area contributed by atoms with Crippen molar-refractivity contribution in [2.75, 3.05) is 6.54 Å². The van der Waals surface area contributed by atoms with Gasteiger partial charge in [0.2, 0.25) is 11.8 Å². The monoisotopic (exact) mass is 342 g/mol. The number of nitrogens with zero attached hydrogens (tertiary/aromatic N) is 2. The lowest BCUT2D eigenvalue weighted by atomic mass is 10.0. The maximum atomic E-state index is 12.5. The zero-order valence-electron chi connectivity index (χ0n) is 14.9. The summed E-state index contributed by atoms with van der Waals surface area (Å²) < 4.78 is 0. The molecule has 0 aliphatic carbocycles. The largest absolute Gasteiger partial charge is 0.350 e. The highest BCUT2D eigenvalue weighted by Gasteiger charge is 2.36. The second-order valence-electron chi connectivity index (χ2n) is 6.95. The molecule has 2 rings (SSSR count). The minimum atomic E-state index is -0.549. The molecule has 1 aromatic rings. The van der Waals surface area contributed by atoms with E-state index in [1.54, 1.807) is 17.0 Å². The van der Waals surface area contributed by atoms with Crippen molar-refractivity contribution in [2.45, 2.75) is 51.7 Å². The molecule has 25 heavy (non-hydrogen) atoms. The molecule has 0 bridgehead atoms. The second kappa shape index (κ2) is 8.63. The average Bonchev–Trinajstić information content (AvgIpc) is 3.08. The van der Waals surface area contributed by atoms with Gasteiger partial charge < -0.3 is 16.0 Å². The van der Waals surface area contributed by atoms with Gasteiger partial charge in [-0.2, -0.15) is 5.26 Å². The van der Waals surface area contributed by atoms with Crippen LogP contribution >= 0.6 is 0 Å². The number of hydrogen-bond acceptors (Lipinski definition) is 4.